The highest BCUT2D eigenvalue weighted by Crippen LogP contribution is 2.05. The zero-order chi connectivity index (χ0) is 11.0. The van der Waals surface area contributed by atoms with Crippen LogP contribution >= 0.6 is 0 Å². The highest BCUT2D eigenvalue weighted by atomic mass is 16.6. The Balaban J connectivity index is 4.42. The van der Waals surface area contributed by atoms with Crippen LogP contribution in [0.25, 0.3) is 0 Å². The van der Waals surface area contributed by atoms with Crippen molar-refractivity contribution >= 4 is 11.9 Å². The van der Waals surface area contributed by atoms with Crippen LogP contribution in [0.3, 0.4) is 0 Å². The number of esters is 2. The molecule has 0 aromatic carbocycles. The van der Waals surface area contributed by atoms with Gasteiger partial charge in [0.05, 0.1) is 13.2 Å². The number of hydrogen-bond donors (Lipinski definition) is 0. The van der Waals surface area contributed by atoms with E-state index in [4.69, 9.17) is 9.47 Å². The molecule has 4 heteroatoms. The molecular formula is C10H16O4. The van der Waals surface area contributed by atoms with Gasteiger partial charge in [-0.1, -0.05) is 12.2 Å². The first-order chi connectivity index (χ1) is 6.67. The molecule has 0 bridgehead atoms. The molecule has 0 saturated carbocycles. The minimum absolute atomic E-state index is 0.256. The van der Waals surface area contributed by atoms with Crippen molar-refractivity contribution in [3.05, 3.63) is 12.2 Å². The lowest BCUT2D eigenvalue weighted by molar-refractivity contribution is -0.158. The molecule has 0 atom stereocenters. The standard InChI is InChI=1S/C10H16O4/c1-4-7-8(9(11)13-5-2)10(12)14-6-3/h4,7-8H,5-6H2,1-3H3. The quantitative estimate of drug-likeness (QED) is 0.381. The van der Waals surface area contributed by atoms with Crippen LogP contribution < -0.4 is 0 Å². The summed E-state index contributed by atoms with van der Waals surface area (Å²) >= 11 is 0. The first kappa shape index (κ1) is 12.7. The molecule has 0 aromatic heterocycles. The van der Waals surface area contributed by atoms with Crippen molar-refractivity contribution in [3.8, 4) is 0 Å². The van der Waals surface area contributed by atoms with E-state index >= 15 is 0 Å². The average molecular weight is 200 g/mol. The molecule has 0 amide bonds. The number of rotatable bonds is 5. The molecule has 80 valence electrons. The summed E-state index contributed by atoms with van der Waals surface area (Å²) in [6, 6.07) is 0. The summed E-state index contributed by atoms with van der Waals surface area (Å²) in [6.45, 7) is 5.62. The second-order valence-electron chi connectivity index (χ2n) is 2.51. The summed E-state index contributed by atoms with van der Waals surface area (Å²) in [5, 5.41) is 0. The lowest BCUT2D eigenvalue weighted by atomic mass is 10.1. The smallest absolute Gasteiger partial charge is 0.324 e. The van der Waals surface area contributed by atoms with Gasteiger partial charge in [0, 0.05) is 0 Å². The molecule has 0 N–H and O–H groups in total. The summed E-state index contributed by atoms with van der Waals surface area (Å²) < 4.78 is 9.47. The lowest BCUT2D eigenvalue weighted by Crippen LogP contribution is -2.26. The Labute approximate surface area is 83.9 Å². The summed E-state index contributed by atoms with van der Waals surface area (Å²) in [7, 11) is 0. The zero-order valence-corrected chi connectivity index (χ0v) is 8.78. The van der Waals surface area contributed by atoms with Crippen LogP contribution in [0.2, 0.25) is 0 Å². The molecule has 0 radical (unpaired) electrons. The predicted octanol–water partition coefficient (Wildman–Crippen LogP) is 1.30. The molecule has 0 rings (SSSR count). The zero-order valence-electron chi connectivity index (χ0n) is 8.78. The SMILES string of the molecule is CC=CC(C(=O)OCC)C(=O)OCC. The van der Waals surface area contributed by atoms with Crippen LogP contribution in [-0.4, -0.2) is 25.2 Å². The van der Waals surface area contributed by atoms with E-state index < -0.39 is 17.9 Å². The van der Waals surface area contributed by atoms with E-state index in [-0.39, 0.29) is 13.2 Å². The van der Waals surface area contributed by atoms with Gasteiger partial charge in [-0.2, -0.15) is 0 Å². The Bertz CT molecular complexity index is 202. The Morgan fingerprint density at radius 3 is 1.86 bits per heavy atom. The van der Waals surface area contributed by atoms with Gasteiger partial charge >= 0.3 is 11.9 Å². The van der Waals surface area contributed by atoms with Gasteiger partial charge in [-0.05, 0) is 20.8 Å². The maximum Gasteiger partial charge on any atom is 0.324 e. The molecule has 0 aliphatic carbocycles. The largest absolute Gasteiger partial charge is 0.465 e. The van der Waals surface area contributed by atoms with Gasteiger partial charge in [0.25, 0.3) is 0 Å². The van der Waals surface area contributed by atoms with Gasteiger partial charge in [0.2, 0.25) is 0 Å². The highest BCUT2D eigenvalue weighted by Gasteiger charge is 2.26. The Morgan fingerprint density at radius 1 is 1.14 bits per heavy atom. The molecule has 0 spiro atoms. The maximum atomic E-state index is 11.3. The first-order valence-electron chi connectivity index (χ1n) is 4.63. The normalized spacial score (nSPS) is 10.6. The second kappa shape index (κ2) is 7.12. The van der Waals surface area contributed by atoms with Crippen LogP contribution in [0.4, 0.5) is 0 Å². The molecule has 14 heavy (non-hydrogen) atoms. The van der Waals surface area contributed by atoms with E-state index in [2.05, 4.69) is 0 Å². The third-order valence-electron chi connectivity index (χ3n) is 1.47. The van der Waals surface area contributed by atoms with Crippen molar-refractivity contribution in [3.63, 3.8) is 0 Å². The first-order valence-corrected chi connectivity index (χ1v) is 4.63. The fourth-order valence-corrected chi connectivity index (χ4v) is 0.910. The third-order valence-corrected chi connectivity index (χ3v) is 1.47. The van der Waals surface area contributed by atoms with E-state index in [1.165, 1.54) is 6.08 Å². The molecule has 0 aromatic rings. The van der Waals surface area contributed by atoms with Crippen molar-refractivity contribution in [1.82, 2.24) is 0 Å². The Kier molecular flexibility index (Phi) is 6.45. The molecule has 0 fully saturated rings. The van der Waals surface area contributed by atoms with Crippen molar-refractivity contribution in [2.75, 3.05) is 13.2 Å². The number of hydrogen-bond acceptors (Lipinski definition) is 4. The monoisotopic (exact) mass is 200 g/mol. The van der Waals surface area contributed by atoms with E-state index in [1.54, 1.807) is 26.8 Å². The van der Waals surface area contributed by atoms with E-state index in [1.807, 2.05) is 0 Å². The van der Waals surface area contributed by atoms with Crippen molar-refractivity contribution in [2.24, 2.45) is 5.92 Å². The van der Waals surface area contributed by atoms with Crippen LogP contribution in [0, 0.1) is 5.92 Å². The second-order valence-corrected chi connectivity index (χ2v) is 2.51. The third kappa shape index (κ3) is 4.07. The summed E-state index contributed by atoms with van der Waals surface area (Å²) in [5.74, 6) is -2.06. The molecule has 0 heterocycles. The molecule has 0 aliphatic rings. The highest BCUT2D eigenvalue weighted by molar-refractivity contribution is 5.96. The summed E-state index contributed by atoms with van der Waals surface area (Å²) in [5.41, 5.74) is 0. The van der Waals surface area contributed by atoms with Crippen molar-refractivity contribution in [1.29, 1.82) is 0 Å². The molecule has 0 aliphatic heterocycles. The Morgan fingerprint density at radius 2 is 1.57 bits per heavy atom. The average Bonchev–Trinajstić information content (AvgIpc) is 2.14. The van der Waals surface area contributed by atoms with Crippen molar-refractivity contribution in [2.45, 2.75) is 20.8 Å². The van der Waals surface area contributed by atoms with Gasteiger partial charge in [0.15, 0.2) is 5.92 Å². The van der Waals surface area contributed by atoms with Gasteiger partial charge < -0.3 is 9.47 Å². The van der Waals surface area contributed by atoms with Crippen LogP contribution in [0.1, 0.15) is 20.8 Å². The predicted molar refractivity (Wildman–Crippen MR) is 51.6 cm³/mol. The molecule has 0 saturated heterocycles. The van der Waals surface area contributed by atoms with Gasteiger partial charge in [-0.3, -0.25) is 9.59 Å². The van der Waals surface area contributed by atoms with Crippen LogP contribution in [0.5, 0.6) is 0 Å². The lowest BCUT2D eigenvalue weighted by Gasteiger charge is -2.09. The number of carbonyl (C=O) groups is 2. The van der Waals surface area contributed by atoms with Gasteiger partial charge in [0.1, 0.15) is 0 Å². The number of allylic oxidation sites excluding steroid dienone is 1. The van der Waals surface area contributed by atoms with E-state index in [0.717, 1.165) is 0 Å². The number of carbonyl (C=O) groups excluding carboxylic acids is 2. The fraction of sp³-hybridized carbons (Fsp3) is 0.600. The van der Waals surface area contributed by atoms with Crippen LogP contribution in [-0.2, 0) is 19.1 Å². The Hall–Kier alpha value is -1.32. The molecular weight excluding hydrogens is 184 g/mol. The van der Waals surface area contributed by atoms with Crippen LogP contribution in [0.15, 0.2) is 12.2 Å². The topological polar surface area (TPSA) is 52.6 Å². The molecule has 4 nitrogen and oxygen atoms in total. The van der Waals surface area contributed by atoms with E-state index in [9.17, 15) is 9.59 Å². The maximum absolute atomic E-state index is 11.3. The summed E-state index contributed by atoms with van der Waals surface area (Å²) in [6.07, 6.45) is 3.09. The minimum Gasteiger partial charge on any atom is -0.465 e. The molecule has 0 unspecified atom stereocenters. The number of ether oxygens (including phenoxy) is 2. The van der Waals surface area contributed by atoms with Gasteiger partial charge in [-0.15, -0.1) is 0 Å². The fourth-order valence-electron chi connectivity index (χ4n) is 0.910. The van der Waals surface area contributed by atoms with E-state index in [0.29, 0.717) is 0 Å². The van der Waals surface area contributed by atoms with Crippen molar-refractivity contribution < 1.29 is 19.1 Å². The summed E-state index contributed by atoms with van der Waals surface area (Å²) in [4.78, 5) is 22.6. The minimum atomic E-state index is -0.931. The van der Waals surface area contributed by atoms with Gasteiger partial charge in [-0.25, -0.2) is 0 Å².